The summed E-state index contributed by atoms with van der Waals surface area (Å²) in [6.07, 6.45) is 12.0. The number of aromatic nitrogens is 1. The predicted molar refractivity (Wildman–Crippen MR) is 130 cm³/mol. The third-order valence-corrected chi connectivity index (χ3v) is 7.90. The minimum atomic E-state index is -0.660. The van der Waals surface area contributed by atoms with Crippen LogP contribution < -0.4 is 10.6 Å². The molecule has 3 heterocycles. The van der Waals surface area contributed by atoms with Gasteiger partial charge in [0.15, 0.2) is 5.66 Å². The lowest BCUT2D eigenvalue weighted by atomic mass is 9.97. The van der Waals surface area contributed by atoms with Crippen LogP contribution in [0.25, 0.3) is 0 Å². The zero-order valence-electron chi connectivity index (χ0n) is 19.6. The van der Waals surface area contributed by atoms with E-state index in [1.165, 1.54) is 0 Å². The van der Waals surface area contributed by atoms with E-state index in [0.717, 1.165) is 37.2 Å². The number of amides is 2. The fraction of sp³-hybridized carbons (Fsp3) is 0.625. The average Bonchev–Trinajstić information content (AvgIpc) is 3.72. The summed E-state index contributed by atoms with van der Waals surface area (Å²) in [6, 6.07) is 3.26. The van der Waals surface area contributed by atoms with Gasteiger partial charge in [-0.3, -0.25) is 9.59 Å². The van der Waals surface area contributed by atoms with E-state index < -0.39 is 16.5 Å². The van der Waals surface area contributed by atoms with Gasteiger partial charge in [0.25, 0.3) is 5.91 Å². The number of carbonyl (C=O) groups excluding carboxylic acids is 2. The number of fused-ring (bicyclic) bond motifs is 1. The summed E-state index contributed by atoms with van der Waals surface area (Å²) in [5.41, 5.74) is 0.903. The number of thioether (sulfide) groups is 1. The van der Waals surface area contributed by atoms with Crippen LogP contribution in [0.1, 0.15) is 62.0 Å². The number of terminal acetylenes is 1. The summed E-state index contributed by atoms with van der Waals surface area (Å²) in [4.78, 5) is 33.6. The Morgan fingerprint density at radius 1 is 1.36 bits per heavy atom. The number of pyridine rings is 1. The van der Waals surface area contributed by atoms with Crippen LogP contribution in [0.5, 0.6) is 0 Å². The molecule has 1 aromatic rings. The van der Waals surface area contributed by atoms with Crippen molar-refractivity contribution in [2.45, 2.75) is 74.9 Å². The van der Waals surface area contributed by atoms with Crippen LogP contribution in [0.4, 0.5) is 5.82 Å². The molecule has 1 unspecified atom stereocenters. The first-order chi connectivity index (χ1) is 15.8. The zero-order valence-corrected chi connectivity index (χ0v) is 20.4. The first kappa shape index (κ1) is 23.6. The van der Waals surface area contributed by atoms with Gasteiger partial charge in [-0.1, -0.05) is 6.07 Å². The second-order valence-electron chi connectivity index (χ2n) is 9.51. The van der Waals surface area contributed by atoms with Crippen molar-refractivity contribution >= 4 is 29.4 Å². The van der Waals surface area contributed by atoms with Crippen LogP contribution in [-0.2, 0) is 11.2 Å². The average molecular weight is 469 g/mol. The van der Waals surface area contributed by atoms with E-state index in [0.29, 0.717) is 31.5 Å². The largest absolute Gasteiger partial charge is 0.369 e. The van der Waals surface area contributed by atoms with Gasteiger partial charge in [-0.15, -0.1) is 12.3 Å². The minimum Gasteiger partial charge on any atom is -0.369 e. The van der Waals surface area contributed by atoms with E-state index in [2.05, 4.69) is 31.8 Å². The molecule has 4 rings (SSSR count). The first-order valence-electron chi connectivity index (χ1n) is 11.6. The van der Waals surface area contributed by atoms with Crippen LogP contribution in [0.2, 0.25) is 0 Å². The second kappa shape index (κ2) is 9.34. The molecule has 2 aliphatic heterocycles. The Bertz CT molecular complexity index is 991. The molecule has 8 nitrogen and oxygen atoms in total. The van der Waals surface area contributed by atoms with Crippen LogP contribution in [-0.4, -0.2) is 63.5 Å². The van der Waals surface area contributed by atoms with E-state index >= 15 is 0 Å². The van der Waals surface area contributed by atoms with Crippen LogP contribution >= 0.6 is 11.8 Å². The topological polar surface area (TPSA) is 99.0 Å². The summed E-state index contributed by atoms with van der Waals surface area (Å²) in [6.45, 7) is 5.17. The maximum absolute atomic E-state index is 13.9. The molecule has 3 aliphatic rings. The lowest BCUT2D eigenvalue weighted by molar-refractivity contribution is -0.126. The van der Waals surface area contributed by atoms with Gasteiger partial charge in [-0.25, -0.2) is 4.98 Å². The van der Waals surface area contributed by atoms with Crippen molar-refractivity contribution in [3.05, 3.63) is 23.4 Å². The quantitative estimate of drug-likeness (QED) is 0.486. The number of hydrogen-bond acceptors (Lipinski definition) is 7. The molecular formula is C24H32N6O2S. The molecule has 2 amide bonds. The molecule has 0 spiro atoms. The molecule has 33 heavy (non-hydrogen) atoms. The van der Waals surface area contributed by atoms with Gasteiger partial charge < -0.3 is 15.5 Å². The third-order valence-electron chi connectivity index (χ3n) is 6.62. The fourth-order valence-corrected chi connectivity index (χ4v) is 4.65. The molecule has 1 atom stereocenters. The van der Waals surface area contributed by atoms with Gasteiger partial charge in [-0.05, 0) is 51.0 Å². The summed E-state index contributed by atoms with van der Waals surface area (Å²) in [7, 11) is 0. The van der Waals surface area contributed by atoms with Crippen molar-refractivity contribution in [1.82, 2.24) is 15.2 Å². The fourth-order valence-electron chi connectivity index (χ4n) is 4.19. The van der Waals surface area contributed by atoms with Gasteiger partial charge in [0, 0.05) is 43.1 Å². The Morgan fingerprint density at radius 3 is 2.76 bits per heavy atom. The van der Waals surface area contributed by atoms with Gasteiger partial charge in [-0.2, -0.15) is 22.0 Å². The maximum Gasteiger partial charge on any atom is 0.273 e. The Hall–Kier alpha value is -2.60. The number of carbonyl (C=O) groups is 2. The first-order valence-corrected chi connectivity index (χ1v) is 12.8. The van der Waals surface area contributed by atoms with Crippen molar-refractivity contribution in [2.75, 3.05) is 24.7 Å². The van der Waals surface area contributed by atoms with E-state index in [-0.39, 0.29) is 17.9 Å². The Morgan fingerprint density at radius 2 is 2.12 bits per heavy atom. The highest BCUT2D eigenvalue weighted by Gasteiger charge is 2.46. The Labute approximate surface area is 199 Å². The number of nitrogens with one attached hydrogen (secondary N) is 2. The number of hydrogen-bond donors (Lipinski definition) is 2. The van der Waals surface area contributed by atoms with E-state index in [4.69, 9.17) is 6.42 Å². The summed E-state index contributed by atoms with van der Waals surface area (Å²) in [5.74, 6) is 3.02. The third kappa shape index (κ3) is 5.32. The monoisotopic (exact) mass is 468 g/mol. The van der Waals surface area contributed by atoms with Crippen molar-refractivity contribution in [3.8, 4) is 12.3 Å². The normalized spacial score (nSPS) is 18.6. The van der Waals surface area contributed by atoms with Gasteiger partial charge in [0.2, 0.25) is 5.91 Å². The molecule has 1 aliphatic carbocycles. The Kier molecular flexibility index (Phi) is 6.66. The molecule has 2 N–H and O–H groups in total. The summed E-state index contributed by atoms with van der Waals surface area (Å²) >= 11 is 1.57. The highest BCUT2D eigenvalue weighted by molar-refractivity contribution is 8.00. The standard InChI is InChI=1S/C24H32N6O2S/c1-5-6-12-24(28-29-24)13-15-30(19(23(2,3)33-4)21(31)26-17-8-9-17)22(32)18-10-7-16-11-14-25-20(16)27-18/h1,7,10,17,19H,6,8-9,11-15H2,2-4H3,(H,25,27)(H,26,31). The molecule has 176 valence electrons. The second-order valence-corrected chi connectivity index (χ2v) is 11.0. The minimum absolute atomic E-state index is 0.119. The van der Waals surface area contributed by atoms with Crippen molar-refractivity contribution in [3.63, 3.8) is 0 Å². The highest BCUT2D eigenvalue weighted by Crippen LogP contribution is 2.38. The van der Waals surface area contributed by atoms with Gasteiger partial charge in [0.1, 0.15) is 17.6 Å². The van der Waals surface area contributed by atoms with Crippen molar-refractivity contribution in [1.29, 1.82) is 0 Å². The number of nitrogens with zero attached hydrogens (tertiary/aromatic N) is 4. The van der Waals surface area contributed by atoms with E-state index in [1.807, 2.05) is 26.2 Å². The summed E-state index contributed by atoms with van der Waals surface area (Å²) in [5, 5.41) is 14.8. The van der Waals surface area contributed by atoms with Crippen LogP contribution in [0, 0.1) is 12.3 Å². The molecule has 0 aromatic carbocycles. The molecule has 0 saturated heterocycles. The van der Waals surface area contributed by atoms with Crippen molar-refractivity contribution < 1.29 is 9.59 Å². The van der Waals surface area contributed by atoms with Crippen LogP contribution in [0.15, 0.2) is 22.4 Å². The lowest BCUT2D eigenvalue weighted by Crippen LogP contribution is -2.59. The van der Waals surface area contributed by atoms with E-state index in [1.54, 1.807) is 22.7 Å². The lowest BCUT2D eigenvalue weighted by Gasteiger charge is -2.40. The van der Waals surface area contributed by atoms with Crippen molar-refractivity contribution in [2.24, 2.45) is 10.2 Å². The smallest absolute Gasteiger partial charge is 0.273 e. The van der Waals surface area contributed by atoms with Gasteiger partial charge in [0.05, 0.1) is 0 Å². The highest BCUT2D eigenvalue weighted by atomic mass is 32.2. The van der Waals surface area contributed by atoms with E-state index in [9.17, 15) is 9.59 Å². The zero-order chi connectivity index (χ0) is 23.6. The SMILES string of the molecule is C#CCCC1(CCN(C(=O)c2ccc3c(n2)NCC3)C(C(=O)NC2CC2)C(C)(C)SC)N=N1. The number of anilines is 1. The molecule has 0 radical (unpaired) electrons. The summed E-state index contributed by atoms with van der Waals surface area (Å²) < 4.78 is -0.507. The van der Waals surface area contributed by atoms with Gasteiger partial charge >= 0.3 is 0 Å². The molecule has 1 fully saturated rings. The molecule has 0 bridgehead atoms. The molecule has 9 heteroatoms. The molecule has 1 aromatic heterocycles. The molecule has 1 saturated carbocycles. The Balaban J connectivity index is 1.63. The maximum atomic E-state index is 13.9. The number of rotatable bonds is 11. The predicted octanol–water partition coefficient (Wildman–Crippen LogP) is 3.25. The van der Waals surface area contributed by atoms with Crippen LogP contribution in [0.3, 0.4) is 0 Å². The molecular weight excluding hydrogens is 436 g/mol.